The molecule has 1 heterocycles. The molecule has 112 valence electrons. The summed E-state index contributed by atoms with van der Waals surface area (Å²) in [6.07, 6.45) is 3.50. The average molecular weight is 304 g/mol. The minimum Gasteiger partial charge on any atom is -0.327 e. The molecule has 0 fully saturated rings. The quantitative estimate of drug-likeness (QED) is 0.546. The number of imidazole rings is 1. The van der Waals surface area contributed by atoms with Gasteiger partial charge < -0.3 is 4.57 Å². The second-order valence-corrected chi connectivity index (χ2v) is 4.95. The summed E-state index contributed by atoms with van der Waals surface area (Å²) >= 11 is 0. The standard InChI is InChI=1S/C17H12N4O2/c18-11-14-3-1-2-4-15(14)12-20-10-9-19-17(20)13-5-7-16(8-6-13)21(22)23/h1-10H,12H2. The normalized spacial score (nSPS) is 10.2. The van der Waals surface area contributed by atoms with E-state index in [0.717, 1.165) is 11.1 Å². The van der Waals surface area contributed by atoms with Crippen LogP contribution in [0.1, 0.15) is 11.1 Å². The maximum Gasteiger partial charge on any atom is 0.269 e. The molecule has 0 atom stereocenters. The van der Waals surface area contributed by atoms with E-state index < -0.39 is 4.92 Å². The van der Waals surface area contributed by atoms with E-state index in [2.05, 4.69) is 11.1 Å². The lowest BCUT2D eigenvalue weighted by Crippen LogP contribution is -2.03. The highest BCUT2D eigenvalue weighted by atomic mass is 16.6. The zero-order valence-electron chi connectivity index (χ0n) is 12.1. The van der Waals surface area contributed by atoms with Crippen LogP contribution in [0.25, 0.3) is 11.4 Å². The number of hydrogen-bond acceptors (Lipinski definition) is 4. The van der Waals surface area contributed by atoms with Crippen LogP contribution < -0.4 is 0 Å². The first-order chi connectivity index (χ1) is 11.2. The molecule has 6 heteroatoms. The van der Waals surface area contributed by atoms with Crippen molar-refractivity contribution in [1.29, 1.82) is 5.26 Å². The van der Waals surface area contributed by atoms with Crippen molar-refractivity contribution in [3.8, 4) is 17.5 Å². The Morgan fingerprint density at radius 2 is 1.91 bits per heavy atom. The lowest BCUT2D eigenvalue weighted by Gasteiger charge is -2.09. The van der Waals surface area contributed by atoms with Gasteiger partial charge in [0.15, 0.2) is 0 Å². The van der Waals surface area contributed by atoms with Crippen molar-refractivity contribution in [3.63, 3.8) is 0 Å². The molecule has 3 rings (SSSR count). The number of hydrogen-bond donors (Lipinski definition) is 0. The number of non-ortho nitro benzene ring substituents is 1. The zero-order valence-corrected chi connectivity index (χ0v) is 12.1. The molecule has 0 aliphatic heterocycles. The van der Waals surface area contributed by atoms with E-state index in [9.17, 15) is 15.4 Å². The molecular formula is C17H12N4O2. The third kappa shape index (κ3) is 2.94. The molecule has 0 aliphatic rings. The Hall–Kier alpha value is -3.46. The van der Waals surface area contributed by atoms with Crippen LogP contribution in [0.3, 0.4) is 0 Å². The fraction of sp³-hybridized carbons (Fsp3) is 0.0588. The highest BCUT2D eigenvalue weighted by molar-refractivity contribution is 5.58. The Morgan fingerprint density at radius 3 is 2.61 bits per heavy atom. The van der Waals surface area contributed by atoms with Crippen molar-refractivity contribution in [1.82, 2.24) is 9.55 Å². The fourth-order valence-electron chi connectivity index (χ4n) is 2.38. The Balaban J connectivity index is 1.94. The van der Waals surface area contributed by atoms with Gasteiger partial charge >= 0.3 is 0 Å². The van der Waals surface area contributed by atoms with Gasteiger partial charge in [-0.2, -0.15) is 5.26 Å². The predicted octanol–water partition coefficient (Wildman–Crippen LogP) is 3.38. The zero-order chi connectivity index (χ0) is 16.2. The van der Waals surface area contributed by atoms with Crippen molar-refractivity contribution in [2.45, 2.75) is 6.54 Å². The minimum atomic E-state index is -0.431. The summed E-state index contributed by atoms with van der Waals surface area (Å²) in [7, 11) is 0. The Bertz CT molecular complexity index is 891. The molecule has 3 aromatic rings. The Kier molecular flexibility index (Phi) is 3.85. The molecule has 0 aliphatic carbocycles. The van der Waals surface area contributed by atoms with E-state index >= 15 is 0 Å². The van der Waals surface area contributed by atoms with Crippen LogP contribution >= 0.6 is 0 Å². The number of nitro groups is 1. The molecule has 0 amide bonds. The first-order valence-electron chi connectivity index (χ1n) is 6.93. The van der Waals surface area contributed by atoms with Crippen LogP contribution in [-0.2, 0) is 6.54 Å². The molecule has 0 saturated heterocycles. The van der Waals surface area contributed by atoms with E-state index in [1.54, 1.807) is 24.4 Å². The first kappa shape index (κ1) is 14.5. The molecule has 0 spiro atoms. The van der Waals surface area contributed by atoms with E-state index in [1.165, 1.54) is 12.1 Å². The molecular weight excluding hydrogens is 292 g/mol. The number of nitro benzene ring substituents is 1. The van der Waals surface area contributed by atoms with E-state index in [-0.39, 0.29) is 5.69 Å². The third-order valence-electron chi connectivity index (χ3n) is 3.53. The molecule has 0 saturated carbocycles. The lowest BCUT2D eigenvalue weighted by molar-refractivity contribution is -0.384. The Morgan fingerprint density at radius 1 is 1.17 bits per heavy atom. The number of nitriles is 1. The Labute approximate surface area is 132 Å². The molecule has 6 nitrogen and oxygen atoms in total. The molecule has 0 N–H and O–H groups in total. The summed E-state index contributed by atoms with van der Waals surface area (Å²) in [4.78, 5) is 14.6. The van der Waals surface area contributed by atoms with Crippen molar-refractivity contribution in [3.05, 3.63) is 82.2 Å². The predicted molar refractivity (Wildman–Crippen MR) is 84.6 cm³/mol. The average Bonchev–Trinajstić information content (AvgIpc) is 3.03. The number of rotatable bonds is 4. The van der Waals surface area contributed by atoms with Gasteiger partial charge in [0.25, 0.3) is 5.69 Å². The maximum absolute atomic E-state index is 10.7. The van der Waals surface area contributed by atoms with Crippen molar-refractivity contribution >= 4 is 5.69 Å². The maximum atomic E-state index is 10.7. The number of nitrogens with zero attached hydrogens (tertiary/aromatic N) is 4. The summed E-state index contributed by atoms with van der Waals surface area (Å²) in [6, 6.07) is 15.8. The minimum absolute atomic E-state index is 0.0432. The molecule has 0 bridgehead atoms. The van der Waals surface area contributed by atoms with Gasteiger partial charge in [-0.1, -0.05) is 18.2 Å². The smallest absolute Gasteiger partial charge is 0.269 e. The van der Waals surface area contributed by atoms with Gasteiger partial charge in [-0.25, -0.2) is 4.98 Å². The van der Waals surface area contributed by atoms with Gasteiger partial charge in [0.05, 0.1) is 23.1 Å². The molecule has 0 unspecified atom stereocenters. The molecule has 2 aromatic carbocycles. The summed E-state index contributed by atoms with van der Waals surface area (Å²) < 4.78 is 1.91. The van der Waals surface area contributed by atoms with Gasteiger partial charge in [-0.05, 0) is 23.8 Å². The number of aromatic nitrogens is 2. The van der Waals surface area contributed by atoms with E-state index in [4.69, 9.17) is 0 Å². The van der Waals surface area contributed by atoms with Crippen molar-refractivity contribution in [2.24, 2.45) is 0 Å². The van der Waals surface area contributed by atoms with Crippen LogP contribution in [0.2, 0.25) is 0 Å². The van der Waals surface area contributed by atoms with E-state index in [1.807, 2.05) is 29.0 Å². The topological polar surface area (TPSA) is 84.8 Å². The SMILES string of the molecule is N#Cc1ccccc1Cn1ccnc1-c1ccc([N+](=O)[O-])cc1. The van der Waals surface area contributed by atoms with Crippen LogP contribution in [0.15, 0.2) is 60.9 Å². The summed E-state index contributed by atoms with van der Waals surface area (Å²) in [5.41, 5.74) is 2.35. The highest BCUT2D eigenvalue weighted by Gasteiger charge is 2.10. The summed E-state index contributed by atoms with van der Waals surface area (Å²) in [5.74, 6) is 0.702. The monoisotopic (exact) mass is 304 g/mol. The third-order valence-corrected chi connectivity index (χ3v) is 3.53. The fourth-order valence-corrected chi connectivity index (χ4v) is 2.38. The van der Waals surface area contributed by atoms with Gasteiger partial charge in [0, 0.05) is 30.1 Å². The second-order valence-electron chi connectivity index (χ2n) is 4.95. The van der Waals surface area contributed by atoms with Crippen molar-refractivity contribution < 1.29 is 4.92 Å². The first-order valence-corrected chi connectivity index (χ1v) is 6.93. The highest BCUT2D eigenvalue weighted by Crippen LogP contribution is 2.22. The van der Waals surface area contributed by atoms with Gasteiger partial charge in [-0.3, -0.25) is 10.1 Å². The molecule has 23 heavy (non-hydrogen) atoms. The van der Waals surface area contributed by atoms with E-state index in [0.29, 0.717) is 17.9 Å². The van der Waals surface area contributed by atoms with Crippen LogP contribution in [0, 0.1) is 21.4 Å². The summed E-state index contributed by atoms with van der Waals surface area (Å²) in [6.45, 7) is 0.510. The number of benzene rings is 2. The largest absolute Gasteiger partial charge is 0.327 e. The van der Waals surface area contributed by atoms with Gasteiger partial charge in [0.2, 0.25) is 0 Å². The van der Waals surface area contributed by atoms with Crippen LogP contribution in [0.4, 0.5) is 5.69 Å². The van der Waals surface area contributed by atoms with Crippen LogP contribution in [0.5, 0.6) is 0 Å². The van der Waals surface area contributed by atoms with Crippen molar-refractivity contribution in [2.75, 3.05) is 0 Å². The molecule has 0 radical (unpaired) electrons. The van der Waals surface area contributed by atoms with Gasteiger partial charge in [0.1, 0.15) is 5.82 Å². The second kappa shape index (κ2) is 6.12. The van der Waals surface area contributed by atoms with Crippen LogP contribution in [-0.4, -0.2) is 14.5 Å². The van der Waals surface area contributed by atoms with Gasteiger partial charge in [-0.15, -0.1) is 0 Å². The molecule has 1 aromatic heterocycles. The lowest BCUT2D eigenvalue weighted by atomic mass is 10.1. The summed E-state index contributed by atoms with van der Waals surface area (Å²) in [5, 5.41) is 19.9.